The number of thioether (sulfide) groups is 2. The molecule has 2 rings (SSSR count). The molecule has 1 heterocycles. The van der Waals surface area contributed by atoms with Gasteiger partial charge in [0.1, 0.15) is 9.72 Å². The van der Waals surface area contributed by atoms with Crippen molar-refractivity contribution in [3.05, 3.63) is 24.3 Å². The van der Waals surface area contributed by atoms with E-state index in [4.69, 9.17) is 17.5 Å². The Hall–Kier alpha value is -1.56. The smallest absolute Gasteiger partial charge is 0.241 e. The second-order valence-corrected chi connectivity index (χ2v) is 7.83. The van der Waals surface area contributed by atoms with Crippen LogP contribution in [0.15, 0.2) is 29.2 Å². The summed E-state index contributed by atoms with van der Waals surface area (Å²) in [6, 6.07) is 7.10. The van der Waals surface area contributed by atoms with Gasteiger partial charge in [0.25, 0.3) is 0 Å². The van der Waals surface area contributed by atoms with Crippen molar-refractivity contribution in [1.29, 1.82) is 5.26 Å². The lowest BCUT2D eigenvalue weighted by molar-refractivity contribution is -0.126. The molecule has 1 saturated heterocycles. The zero-order chi connectivity index (χ0) is 17.5. The van der Waals surface area contributed by atoms with E-state index in [1.54, 1.807) is 29.2 Å². The number of hydrogen-bond donors (Lipinski definition) is 1. The molecular weight excluding hydrogens is 362 g/mol. The summed E-state index contributed by atoms with van der Waals surface area (Å²) in [7, 11) is 0. The van der Waals surface area contributed by atoms with Crippen LogP contribution in [0.3, 0.4) is 0 Å². The average Bonchev–Trinajstić information content (AvgIpc) is 2.84. The summed E-state index contributed by atoms with van der Waals surface area (Å²) in [5, 5.41) is 13.3. The monoisotopic (exact) mass is 379 g/mol. The SMILES string of the molecule is CCC1SC(=S)N(CCCC(=O)Nc2ccc(SC#N)cc2)C1=O. The highest BCUT2D eigenvalue weighted by molar-refractivity contribution is 8.24. The lowest BCUT2D eigenvalue weighted by atomic mass is 10.2. The van der Waals surface area contributed by atoms with Crippen LogP contribution in [0.2, 0.25) is 0 Å². The molecule has 24 heavy (non-hydrogen) atoms. The Morgan fingerprint density at radius 2 is 2.17 bits per heavy atom. The van der Waals surface area contributed by atoms with Crippen LogP contribution < -0.4 is 5.32 Å². The maximum atomic E-state index is 12.1. The molecule has 0 aromatic heterocycles. The van der Waals surface area contributed by atoms with Gasteiger partial charge < -0.3 is 5.32 Å². The van der Waals surface area contributed by atoms with Gasteiger partial charge in [0.15, 0.2) is 0 Å². The van der Waals surface area contributed by atoms with Crippen LogP contribution >= 0.6 is 35.7 Å². The summed E-state index contributed by atoms with van der Waals surface area (Å²) in [5.74, 6) is -0.0496. The summed E-state index contributed by atoms with van der Waals surface area (Å²) in [6.45, 7) is 2.45. The number of carbonyl (C=O) groups is 2. The van der Waals surface area contributed by atoms with Crippen LogP contribution in [0.25, 0.3) is 0 Å². The first-order chi connectivity index (χ1) is 11.5. The van der Waals surface area contributed by atoms with E-state index in [0.29, 0.717) is 29.4 Å². The minimum Gasteiger partial charge on any atom is -0.326 e. The van der Waals surface area contributed by atoms with Gasteiger partial charge in [-0.3, -0.25) is 14.5 Å². The largest absolute Gasteiger partial charge is 0.326 e. The van der Waals surface area contributed by atoms with Crippen molar-refractivity contribution in [3.8, 4) is 5.40 Å². The van der Waals surface area contributed by atoms with Crippen LogP contribution in [-0.4, -0.2) is 32.8 Å². The van der Waals surface area contributed by atoms with Gasteiger partial charge in [0.05, 0.1) is 5.25 Å². The van der Waals surface area contributed by atoms with Crippen molar-refractivity contribution < 1.29 is 9.59 Å². The lowest BCUT2D eigenvalue weighted by Gasteiger charge is -2.15. The highest BCUT2D eigenvalue weighted by Gasteiger charge is 2.35. The van der Waals surface area contributed by atoms with E-state index in [9.17, 15) is 9.59 Å². The van der Waals surface area contributed by atoms with Crippen molar-refractivity contribution in [2.75, 3.05) is 11.9 Å². The van der Waals surface area contributed by atoms with Crippen LogP contribution in [0, 0.1) is 10.7 Å². The van der Waals surface area contributed by atoms with Gasteiger partial charge in [-0.25, -0.2) is 0 Å². The Morgan fingerprint density at radius 1 is 1.46 bits per heavy atom. The lowest BCUT2D eigenvalue weighted by Crippen LogP contribution is -2.32. The van der Waals surface area contributed by atoms with Crippen molar-refractivity contribution in [1.82, 2.24) is 4.90 Å². The van der Waals surface area contributed by atoms with Crippen LogP contribution in [0.5, 0.6) is 0 Å². The number of amides is 2. The fourth-order valence-corrected chi connectivity index (χ4v) is 4.09. The van der Waals surface area contributed by atoms with E-state index < -0.39 is 0 Å². The molecule has 126 valence electrons. The predicted molar refractivity (Wildman–Crippen MR) is 102 cm³/mol. The number of benzene rings is 1. The summed E-state index contributed by atoms with van der Waals surface area (Å²) in [5.41, 5.74) is 0.691. The first-order valence-corrected chi connectivity index (χ1v) is 9.63. The molecule has 0 radical (unpaired) electrons. The predicted octanol–water partition coefficient (Wildman–Crippen LogP) is 3.62. The molecule has 1 aromatic rings. The second kappa shape index (κ2) is 9.06. The molecule has 1 aliphatic rings. The average molecular weight is 380 g/mol. The van der Waals surface area contributed by atoms with Gasteiger partial charge in [-0.05, 0) is 48.9 Å². The normalized spacial score (nSPS) is 17.0. The van der Waals surface area contributed by atoms with Crippen LogP contribution in [0.4, 0.5) is 5.69 Å². The Kier molecular flexibility index (Phi) is 7.09. The molecule has 1 unspecified atom stereocenters. The van der Waals surface area contributed by atoms with E-state index in [2.05, 4.69) is 5.32 Å². The molecule has 1 fully saturated rings. The van der Waals surface area contributed by atoms with E-state index in [1.807, 2.05) is 12.3 Å². The number of anilines is 1. The number of nitrogens with one attached hydrogen (secondary N) is 1. The summed E-state index contributed by atoms with van der Waals surface area (Å²) < 4.78 is 0.609. The molecule has 5 nitrogen and oxygen atoms in total. The third-order valence-electron chi connectivity index (χ3n) is 3.46. The van der Waals surface area contributed by atoms with Gasteiger partial charge in [-0.15, -0.1) is 0 Å². The standard InChI is InChI=1S/C16H17N3O2S3/c1-2-13-15(21)19(16(22)24-13)9-3-4-14(20)18-11-5-7-12(8-6-11)23-10-17/h5-8,13H,2-4,9H2,1H3,(H,18,20). The van der Waals surface area contributed by atoms with E-state index in [-0.39, 0.29) is 17.1 Å². The maximum Gasteiger partial charge on any atom is 0.241 e. The highest BCUT2D eigenvalue weighted by Crippen LogP contribution is 2.29. The van der Waals surface area contributed by atoms with Crippen LogP contribution in [-0.2, 0) is 9.59 Å². The highest BCUT2D eigenvalue weighted by atomic mass is 32.2. The van der Waals surface area contributed by atoms with E-state index in [0.717, 1.165) is 23.1 Å². The molecule has 0 saturated carbocycles. The van der Waals surface area contributed by atoms with Crippen molar-refractivity contribution in [3.63, 3.8) is 0 Å². The van der Waals surface area contributed by atoms with E-state index >= 15 is 0 Å². The summed E-state index contributed by atoms with van der Waals surface area (Å²) in [6.07, 6.45) is 1.65. The van der Waals surface area contributed by atoms with Crippen LogP contribution in [0.1, 0.15) is 26.2 Å². The Bertz CT molecular complexity index is 670. The molecule has 1 N–H and O–H groups in total. The fourth-order valence-electron chi connectivity index (χ4n) is 2.24. The molecule has 0 bridgehead atoms. The number of thiocyanates is 1. The number of thiocarbonyl (C=S) groups is 1. The molecule has 0 spiro atoms. The number of nitrogens with zero attached hydrogens (tertiary/aromatic N) is 2. The second-order valence-electron chi connectivity index (χ2n) is 5.14. The Morgan fingerprint density at radius 3 is 2.75 bits per heavy atom. The molecule has 8 heteroatoms. The van der Waals surface area contributed by atoms with Crippen molar-refractivity contribution in [2.24, 2.45) is 0 Å². The number of hydrogen-bond acceptors (Lipinski definition) is 6. The Labute approximate surface area is 155 Å². The topological polar surface area (TPSA) is 73.2 Å². The van der Waals surface area contributed by atoms with Gasteiger partial charge in [-0.2, -0.15) is 5.26 Å². The third-order valence-corrected chi connectivity index (χ3v) is 5.81. The number of nitriles is 1. The van der Waals surface area contributed by atoms with Crippen molar-refractivity contribution in [2.45, 2.75) is 36.3 Å². The first-order valence-electron chi connectivity index (χ1n) is 7.53. The van der Waals surface area contributed by atoms with Gasteiger partial charge in [0.2, 0.25) is 11.8 Å². The Balaban J connectivity index is 1.76. The quantitative estimate of drug-likeness (QED) is 0.443. The minimum atomic E-state index is -0.104. The third kappa shape index (κ3) is 4.97. The van der Waals surface area contributed by atoms with Gasteiger partial charge >= 0.3 is 0 Å². The molecular formula is C16H17N3O2S3. The summed E-state index contributed by atoms with van der Waals surface area (Å²) >= 11 is 7.73. The summed E-state index contributed by atoms with van der Waals surface area (Å²) in [4.78, 5) is 26.5. The zero-order valence-corrected chi connectivity index (χ0v) is 15.6. The van der Waals surface area contributed by atoms with Gasteiger partial charge in [0, 0.05) is 23.5 Å². The zero-order valence-electron chi connectivity index (χ0n) is 13.2. The fraction of sp³-hybridized carbons (Fsp3) is 0.375. The minimum absolute atomic E-state index is 0.0542. The number of carbonyl (C=O) groups excluding carboxylic acids is 2. The molecule has 2 amide bonds. The molecule has 1 aliphatic heterocycles. The maximum absolute atomic E-state index is 12.1. The van der Waals surface area contributed by atoms with Crippen molar-refractivity contribution >= 4 is 57.6 Å². The molecule has 1 atom stereocenters. The molecule has 1 aromatic carbocycles. The van der Waals surface area contributed by atoms with E-state index in [1.165, 1.54) is 11.8 Å². The molecule has 0 aliphatic carbocycles. The first kappa shape index (κ1) is 18.8. The van der Waals surface area contributed by atoms with Gasteiger partial charge in [-0.1, -0.05) is 30.9 Å². The number of rotatable bonds is 7.